The summed E-state index contributed by atoms with van der Waals surface area (Å²) in [6.45, 7) is 12.7. The lowest BCUT2D eigenvalue weighted by molar-refractivity contribution is 0.0365. The van der Waals surface area contributed by atoms with Crippen molar-refractivity contribution >= 4 is 0 Å². The molecule has 0 rings (SSSR count). The van der Waals surface area contributed by atoms with Gasteiger partial charge in [0, 0.05) is 12.6 Å². The van der Waals surface area contributed by atoms with E-state index in [1.807, 2.05) is 0 Å². The van der Waals surface area contributed by atoms with Gasteiger partial charge in [0.1, 0.15) is 0 Å². The van der Waals surface area contributed by atoms with Crippen molar-refractivity contribution in [2.24, 2.45) is 5.92 Å². The molecule has 2 atom stereocenters. The van der Waals surface area contributed by atoms with Gasteiger partial charge in [-0.05, 0) is 26.2 Å². The van der Waals surface area contributed by atoms with Crippen LogP contribution in [-0.2, 0) is 4.74 Å². The molecule has 0 aromatic carbocycles. The minimum Gasteiger partial charge on any atom is -0.377 e. The fourth-order valence-electron chi connectivity index (χ4n) is 0.887. The fraction of sp³-hybridized carbons (Fsp3) is 1.00. The average molecular weight is 187 g/mol. The molecule has 0 radical (unpaired) electrons. The van der Waals surface area contributed by atoms with Gasteiger partial charge in [0.05, 0.1) is 12.7 Å². The SMILES string of the molecule is CCC(C)NCCOC(C)C(C)C. The largest absolute Gasteiger partial charge is 0.377 e. The summed E-state index contributed by atoms with van der Waals surface area (Å²) in [5.41, 5.74) is 0. The van der Waals surface area contributed by atoms with Crippen LogP contribution in [0.2, 0.25) is 0 Å². The van der Waals surface area contributed by atoms with Gasteiger partial charge in [0.15, 0.2) is 0 Å². The zero-order chi connectivity index (χ0) is 10.3. The first-order valence-corrected chi connectivity index (χ1v) is 5.42. The van der Waals surface area contributed by atoms with Gasteiger partial charge in [-0.3, -0.25) is 0 Å². The van der Waals surface area contributed by atoms with Gasteiger partial charge in [0.2, 0.25) is 0 Å². The van der Waals surface area contributed by atoms with Crippen LogP contribution in [0, 0.1) is 5.92 Å². The smallest absolute Gasteiger partial charge is 0.0594 e. The van der Waals surface area contributed by atoms with Crippen LogP contribution >= 0.6 is 0 Å². The Labute approximate surface area is 83.1 Å². The van der Waals surface area contributed by atoms with E-state index in [-0.39, 0.29) is 0 Å². The number of hydrogen-bond donors (Lipinski definition) is 1. The molecule has 0 spiro atoms. The molecule has 0 saturated carbocycles. The molecule has 0 aliphatic carbocycles. The third kappa shape index (κ3) is 7.03. The second kappa shape index (κ2) is 7.34. The maximum atomic E-state index is 5.64. The van der Waals surface area contributed by atoms with Crippen molar-refractivity contribution in [3.8, 4) is 0 Å². The molecule has 2 heteroatoms. The number of ether oxygens (including phenoxy) is 1. The van der Waals surface area contributed by atoms with Crippen LogP contribution in [0.4, 0.5) is 0 Å². The zero-order valence-corrected chi connectivity index (χ0v) is 9.76. The maximum Gasteiger partial charge on any atom is 0.0594 e. The summed E-state index contributed by atoms with van der Waals surface area (Å²) in [6.07, 6.45) is 1.55. The molecule has 0 aromatic rings. The highest BCUT2D eigenvalue weighted by Crippen LogP contribution is 2.04. The summed E-state index contributed by atoms with van der Waals surface area (Å²) in [6, 6.07) is 0.609. The van der Waals surface area contributed by atoms with Crippen LogP contribution < -0.4 is 5.32 Å². The lowest BCUT2D eigenvalue weighted by atomic mass is 10.1. The molecular weight excluding hydrogens is 162 g/mol. The van der Waals surface area contributed by atoms with Crippen LogP contribution in [0.3, 0.4) is 0 Å². The number of hydrogen-bond acceptors (Lipinski definition) is 2. The topological polar surface area (TPSA) is 21.3 Å². The minimum absolute atomic E-state index is 0.374. The molecule has 0 saturated heterocycles. The second-order valence-electron chi connectivity index (χ2n) is 4.08. The maximum absolute atomic E-state index is 5.64. The van der Waals surface area contributed by atoms with Gasteiger partial charge in [0.25, 0.3) is 0 Å². The predicted molar refractivity (Wildman–Crippen MR) is 58.0 cm³/mol. The highest BCUT2D eigenvalue weighted by atomic mass is 16.5. The molecule has 0 aromatic heterocycles. The van der Waals surface area contributed by atoms with E-state index in [1.165, 1.54) is 6.42 Å². The lowest BCUT2D eigenvalue weighted by Crippen LogP contribution is -2.30. The van der Waals surface area contributed by atoms with Crippen molar-refractivity contribution in [2.75, 3.05) is 13.2 Å². The van der Waals surface area contributed by atoms with Gasteiger partial charge in [-0.2, -0.15) is 0 Å². The van der Waals surface area contributed by atoms with E-state index in [2.05, 4.69) is 39.9 Å². The fourth-order valence-corrected chi connectivity index (χ4v) is 0.887. The van der Waals surface area contributed by atoms with Gasteiger partial charge >= 0.3 is 0 Å². The van der Waals surface area contributed by atoms with E-state index in [0.717, 1.165) is 13.2 Å². The van der Waals surface area contributed by atoms with E-state index in [1.54, 1.807) is 0 Å². The Bertz CT molecular complexity index is 115. The third-order valence-electron chi connectivity index (χ3n) is 2.53. The number of nitrogens with one attached hydrogen (secondary N) is 1. The van der Waals surface area contributed by atoms with Crippen LogP contribution in [0.25, 0.3) is 0 Å². The Balaban J connectivity index is 3.25. The Kier molecular flexibility index (Phi) is 7.29. The Hall–Kier alpha value is -0.0800. The summed E-state index contributed by atoms with van der Waals surface area (Å²) in [4.78, 5) is 0. The summed E-state index contributed by atoms with van der Waals surface area (Å²) in [5.74, 6) is 0.614. The molecule has 0 fully saturated rings. The highest BCUT2D eigenvalue weighted by Gasteiger charge is 2.06. The Morgan fingerprint density at radius 3 is 2.23 bits per heavy atom. The monoisotopic (exact) mass is 187 g/mol. The first kappa shape index (κ1) is 12.9. The molecule has 0 bridgehead atoms. The van der Waals surface area contributed by atoms with Crippen molar-refractivity contribution in [3.05, 3.63) is 0 Å². The van der Waals surface area contributed by atoms with Crippen LogP contribution in [-0.4, -0.2) is 25.3 Å². The quantitative estimate of drug-likeness (QED) is 0.618. The molecular formula is C11H25NO. The van der Waals surface area contributed by atoms with Gasteiger partial charge in [-0.25, -0.2) is 0 Å². The van der Waals surface area contributed by atoms with E-state index < -0.39 is 0 Å². The van der Waals surface area contributed by atoms with Crippen molar-refractivity contribution in [3.63, 3.8) is 0 Å². The summed E-state index contributed by atoms with van der Waals surface area (Å²) in [5, 5.41) is 3.40. The van der Waals surface area contributed by atoms with Gasteiger partial charge < -0.3 is 10.1 Å². The minimum atomic E-state index is 0.374. The molecule has 0 heterocycles. The first-order valence-electron chi connectivity index (χ1n) is 5.42. The predicted octanol–water partition coefficient (Wildman–Crippen LogP) is 2.44. The third-order valence-corrected chi connectivity index (χ3v) is 2.53. The van der Waals surface area contributed by atoms with Gasteiger partial charge in [-0.15, -0.1) is 0 Å². The molecule has 2 unspecified atom stereocenters. The highest BCUT2D eigenvalue weighted by molar-refractivity contribution is 4.58. The molecule has 13 heavy (non-hydrogen) atoms. The van der Waals surface area contributed by atoms with Gasteiger partial charge in [-0.1, -0.05) is 20.8 Å². The Morgan fingerprint density at radius 2 is 1.77 bits per heavy atom. The van der Waals surface area contributed by atoms with Crippen molar-refractivity contribution in [1.82, 2.24) is 5.32 Å². The second-order valence-corrected chi connectivity index (χ2v) is 4.08. The number of rotatable bonds is 7. The Morgan fingerprint density at radius 1 is 1.15 bits per heavy atom. The van der Waals surface area contributed by atoms with Crippen molar-refractivity contribution in [2.45, 2.75) is 53.2 Å². The summed E-state index contributed by atoms with van der Waals surface area (Å²) < 4.78 is 5.64. The molecule has 1 N–H and O–H groups in total. The molecule has 0 aliphatic heterocycles. The molecule has 2 nitrogen and oxygen atoms in total. The van der Waals surface area contributed by atoms with Crippen molar-refractivity contribution in [1.29, 1.82) is 0 Å². The van der Waals surface area contributed by atoms with Crippen LogP contribution in [0.1, 0.15) is 41.0 Å². The van der Waals surface area contributed by atoms with E-state index in [4.69, 9.17) is 4.74 Å². The lowest BCUT2D eigenvalue weighted by Gasteiger charge is -2.17. The van der Waals surface area contributed by atoms with E-state index in [9.17, 15) is 0 Å². The molecule has 0 aliphatic rings. The molecule has 0 amide bonds. The van der Waals surface area contributed by atoms with E-state index in [0.29, 0.717) is 18.1 Å². The average Bonchev–Trinajstić information content (AvgIpc) is 2.11. The molecule has 80 valence electrons. The first-order chi connectivity index (χ1) is 6.07. The zero-order valence-electron chi connectivity index (χ0n) is 9.76. The normalized spacial score (nSPS) is 16.2. The van der Waals surface area contributed by atoms with E-state index >= 15 is 0 Å². The van der Waals surface area contributed by atoms with Crippen molar-refractivity contribution < 1.29 is 4.74 Å². The van der Waals surface area contributed by atoms with Crippen LogP contribution in [0.15, 0.2) is 0 Å². The van der Waals surface area contributed by atoms with Crippen LogP contribution in [0.5, 0.6) is 0 Å². The summed E-state index contributed by atoms with van der Waals surface area (Å²) >= 11 is 0. The standard InChI is InChI=1S/C11H25NO/c1-6-10(4)12-7-8-13-11(5)9(2)3/h9-12H,6-8H2,1-5H3. The summed E-state index contributed by atoms with van der Waals surface area (Å²) in [7, 11) is 0.